The molecule has 37 heavy (non-hydrogen) atoms. The Bertz CT molecular complexity index is 1680. The van der Waals surface area contributed by atoms with E-state index in [0.29, 0.717) is 0 Å². The van der Waals surface area contributed by atoms with Crippen LogP contribution in [0.3, 0.4) is 0 Å². The van der Waals surface area contributed by atoms with Gasteiger partial charge in [-0.1, -0.05) is 0 Å². The van der Waals surface area contributed by atoms with Gasteiger partial charge < -0.3 is 24.3 Å². The molecule has 0 amide bonds. The molecule has 0 aliphatic carbocycles. The SMILES string of the molecule is COC(=O)c1nc2c(C(=O)OC)c(C(=O)OC)nc3c2c(c1C(=O)OC)Nc1c-3c(=O)n(C)c(=O)n1C. The average Bonchev–Trinajstić information content (AvgIpc) is 2.92. The molecular weight excluding hydrogens is 494 g/mol. The van der Waals surface area contributed by atoms with Crippen molar-refractivity contribution in [3.8, 4) is 11.3 Å². The fraction of sp³-hybridized carbons (Fsp3) is 0.273. The van der Waals surface area contributed by atoms with Gasteiger partial charge in [0.25, 0.3) is 5.56 Å². The van der Waals surface area contributed by atoms with Crippen molar-refractivity contribution < 1.29 is 38.1 Å². The first-order chi connectivity index (χ1) is 17.5. The lowest BCUT2D eigenvalue weighted by Crippen LogP contribution is -2.40. The number of hydrogen-bond donors (Lipinski definition) is 1. The summed E-state index contributed by atoms with van der Waals surface area (Å²) in [6.07, 6.45) is 0. The normalized spacial score (nSPS) is 11.3. The van der Waals surface area contributed by atoms with E-state index in [0.717, 1.165) is 37.6 Å². The molecule has 4 rings (SSSR count). The summed E-state index contributed by atoms with van der Waals surface area (Å²) in [6.45, 7) is 0. The van der Waals surface area contributed by atoms with Crippen molar-refractivity contribution in [3.63, 3.8) is 0 Å². The van der Waals surface area contributed by atoms with Crippen molar-refractivity contribution in [3.05, 3.63) is 43.4 Å². The summed E-state index contributed by atoms with van der Waals surface area (Å²) in [4.78, 5) is 85.5. The largest absolute Gasteiger partial charge is 0.465 e. The minimum Gasteiger partial charge on any atom is -0.465 e. The number of esters is 4. The Kier molecular flexibility index (Phi) is 5.99. The van der Waals surface area contributed by atoms with Crippen LogP contribution in [0.4, 0.5) is 11.5 Å². The molecule has 1 aliphatic rings. The van der Waals surface area contributed by atoms with E-state index in [2.05, 4.69) is 15.3 Å². The predicted molar refractivity (Wildman–Crippen MR) is 124 cm³/mol. The van der Waals surface area contributed by atoms with Crippen molar-refractivity contribution in [1.29, 1.82) is 0 Å². The number of carbonyl (C=O) groups is 4. The van der Waals surface area contributed by atoms with Gasteiger partial charge in [-0.05, 0) is 0 Å². The minimum absolute atomic E-state index is 0.0932. The number of pyridine rings is 2. The highest BCUT2D eigenvalue weighted by Crippen LogP contribution is 2.44. The number of ether oxygens (including phenoxy) is 4. The van der Waals surface area contributed by atoms with Crippen LogP contribution in [0, 0.1) is 0 Å². The Morgan fingerprint density at radius 3 is 1.78 bits per heavy atom. The zero-order chi connectivity index (χ0) is 27.3. The molecule has 0 radical (unpaired) electrons. The molecule has 0 bridgehead atoms. The highest BCUT2D eigenvalue weighted by molar-refractivity contribution is 6.22. The number of nitrogens with zero attached hydrogens (tertiary/aromatic N) is 4. The van der Waals surface area contributed by atoms with Gasteiger partial charge in [0.15, 0.2) is 11.4 Å². The van der Waals surface area contributed by atoms with Crippen LogP contribution in [0.15, 0.2) is 9.59 Å². The molecule has 0 saturated carbocycles. The van der Waals surface area contributed by atoms with Gasteiger partial charge in [0.05, 0.1) is 50.7 Å². The van der Waals surface area contributed by atoms with E-state index in [1.54, 1.807) is 0 Å². The van der Waals surface area contributed by atoms with Crippen LogP contribution in [0.2, 0.25) is 0 Å². The molecule has 192 valence electrons. The molecule has 3 aromatic rings. The highest BCUT2D eigenvalue weighted by atomic mass is 16.5. The van der Waals surface area contributed by atoms with Crippen LogP contribution >= 0.6 is 0 Å². The molecule has 0 aromatic carbocycles. The molecule has 0 atom stereocenters. The van der Waals surface area contributed by atoms with Crippen LogP contribution in [-0.2, 0) is 33.0 Å². The highest BCUT2D eigenvalue weighted by Gasteiger charge is 2.38. The number of rotatable bonds is 4. The second-order valence-corrected chi connectivity index (χ2v) is 7.64. The third-order valence-corrected chi connectivity index (χ3v) is 5.81. The van der Waals surface area contributed by atoms with E-state index in [-0.39, 0.29) is 33.7 Å². The van der Waals surface area contributed by atoms with Crippen LogP contribution in [0.5, 0.6) is 0 Å². The molecule has 0 unspecified atom stereocenters. The minimum atomic E-state index is -1.09. The zero-order valence-electron chi connectivity index (χ0n) is 20.4. The first-order valence-electron chi connectivity index (χ1n) is 10.4. The third kappa shape index (κ3) is 3.42. The van der Waals surface area contributed by atoms with Crippen molar-refractivity contribution >= 4 is 46.3 Å². The molecule has 0 fully saturated rings. The first-order valence-corrected chi connectivity index (χ1v) is 10.4. The van der Waals surface area contributed by atoms with Crippen molar-refractivity contribution in [1.82, 2.24) is 19.1 Å². The molecule has 3 aromatic heterocycles. The molecule has 15 nitrogen and oxygen atoms in total. The Morgan fingerprint density at radius 1 is 0.730 bits per heavy atom. The topological polar surface area (TPSA) is 187 Å². The van der Waals surface area contributed by atoms with Crippen molar-refractivity contribution in [2.24, 2.45) is 14.1 Å². The van der Waals surface area contributed by atoms with Crippen molar-refractivity contribution in [2.75, 3.05) is 33.8 Å². The second kappa shape index (κ2) is 8.85. The Labute approximate surface area is 206 Å². The van der Waals surface area contributed by atoms with Crippen molar-refractivity contribution in [2.45, 2.75) is 0 Å². The van der Waals surface area contributed by atoms with E-state index in [1.807, 2.05) is 0 Å². The van der Waals surface area contributed by atoms with Crippen LogP contribution in [-0.4, -0.2) is 71.4 Å². The lowest BCUT2D eigenvalue weighted by atomic mass is 9.94. The number of nitrogens with one attached hydrogen (secondary N) is 1. The number of aromatic nitrogens is 4. The number of methoxy groups -OCH3 is 4. The van der Waals surface area contributed by atoms with Gasteiger partial charge in [-0.25, -0.2) is 33.9 Å². The first kappa shape index (κ1) is 25.0. The van der Waals surface area contributed by atoms with Gasteiger partial charge in [0.1, 0.15) is 22.5 Å². The standard InChI is InChI=1S/C22H19N5O10/c1-26-16-10(17(28)27(2)22(26)33)13-7-11(8(18(29)34-3)14(24-13)20(31)36-5)23-15(21(32)37-6)9(12(7)25-16)19(30)35-4/h25H,1-6H3. The summed E-state index contributed by atoms with van der Waals surface area (Å²) in [6, 6.07) is 0. The number of hydrogen-bond acceptors (Lipinski definition) is 13. The molecule has 0 saturated heterocycles. The van der Waals surface area contributed by atoms with Gasteiger partial charge in [0, 0.05) is 14.1 Å². The van der Waals surface area contributed by atoms with E-state index in [1.165, 1.54) is 14.1 Å². The maximum Gasteiger partial charge on any atom is 0.357 e. The van der Waals surface area contributed by atoms with Crippen LogP contribution in [0.1, 0.15) is 41.7 Å². The Morgan fingerprint density at radius 2 is 1.24 bits per heavy atom. The maximum absolute atomic E-state index is 13.2. The van der Waals surface area contributed by atoms with Gasteiger partial charge in [-0.2, -0.15) is 0 Å². The zero-order valence-corrected chi connectivity index (χ0v) is 20.4. The molecule has 1 aliphatic heterocycles. The Balaban J connectivity index is 2.40. The monoisotopic (exact) mass is 513 g/mol. The second-order valence-electron chi connectivity index (χ2n) is 7.64. The molecule has 4 heterocycles. The van der Waals surface area contributed by atoms with Crippen LogP contribution in [0.25, 0.3) is 22.2 Å². The quantitative estimate of drug-likeness (QED) is 0.282. The Hall–Kier alpha value is -5.08. The fourth-order valence-electron chi connectivity index (χ4n) is 4.05. The number of fused-ring (bicyclic) bond motifs is 2. The number of anilines is 2. The lowest BCUT2D eigenvalue weighted by molar-refractivity contribution is 0.0548. The van der Waals surface area contributed by atoms with E-state index < -0.39 is 57.6 Å². The molecule has 0 spiro atoms. The summed E-state index contributed by atoms with van der Waals surface area (Å²) >= 11 is 0. The summed E-state index contributed by atoms with van der Waals surface area (Å²) < 4.78 is 21.1. The lowest BCUT2D eigenvalue weighted by Gasteiger charge is -2.26. The summed E-state index contributed by atoms with van der Waals surface area (Å²) in [5, 5.41) is 2.73. The number of carbonyl (C=O) groups excluding carboxylic acids is 4. The summed E-state index contributed by atoms with van der Waals surface area (Å²) in [5.41, 5.74) is -4.50. The van der Waals surface area contributed by atoms with E-state index in [4.69, 9.17) is 18.9 Å². The van der Waals surface area contributed by atoms with E-state index >= 15 is 0 Å². The fourth-order valence-corrected chi connectivity index (χ4v) is 4.05. The summed E-state index contributed by atoms with van der Waals surface area (Å²) in [7, 11) is 6.76. The molecular formula is C22H19N5O10. The van der Waals surface area contributed by atoms with Gasteiger partial charge >= 0.3 is 29.6 Å². The average molecular weight is 513 g/mol. The van der Waals surface area contributed by atoms with E-state index in [9.17, 15) is 28.8 Å². The predicted octanol–water partition coefficient (Wildman–Crippen LogP) is -0.102. The smallest absolute Gasteiger partial charge is 0.357 e. The molecule has 1 N–H and O–H groups in total. The summed E-state index contributed by atoms with van der Waals surface area (Å²) in [5.74, 6) is -4.38. The third-order valence-electron chi connectivity index (χ3n) is 5.81. The van der Waals surface area contributed by atoms with Gasteiger partial charge in [0.2, 0.25) is 0 Å². The van der Waals surface area contributed by atoms with Crippen LogP contribution < -0.4 is 16.6 Å². The van der Waals surface area contributed by atoms with Gasteiger partial charge in [-0.15, -0.1) is 0 Å². The maximum atomic E-state index is 13.2. The van der Waals surface area contributed by atoms with Gasteiger partial charge in [-0.3, -0.25) is 13.9 Å². The molecule has 15 heteroatoms.